The van der Waals surface area contributed by atoms with Gasteiger partial charge in [0.25, 0.3) is 0 Å². The van der Waals surface area contributed by atoms with Crippen LogP contribution in [0.1, 0.15) is 38.3 Å². The maximum absolute atomic E-state index is 3.54. The van der Waals surface area contributed by atoms with Crippen molar-refractivity contribution in [3.8, 4) is 0 Å². The zero-order valence-electron chi connectivity index (χ0n) is 11.2. The number of anilines is 1. The van der Waals surface area contributed by atoms with Gasteiger partial charge in [0, 0.05) is 17.8 Å². The third-order valence-corrected chi connectivity index (χ3v) is 3.62. The molecule has 0 amide bonds. The van der Waals surface area contributed by atoms with Crippen LogP contribution in [0.5, 0.6) is 0 Å². The van der Waals surface area contributed by atoms with Crippen LogP contribution in [0.15, 0.2) is 18.2 Å². The first kappa shape index (κ1) is 12.4. The first-order valence-electron chi connectivity index (χ1n) is 6.80. The molecular formula is C15H24N2. The summed E-state index contributed by atoms with van der Waals surface area (Å²) in [5.74, 6) is 0. The van der Waals surface area contributed by atoms with E-state index in [9.17, 15) is 0 Å². The summed E-state index contributed by atoms with van der Waals surface area (Å²) < 4.78 is 0. The Morgan fingerprint density at radius 2 is 2.29 bits per heavy atom. The molecule has 1 aromatic carbocycles. The minimum Gasteiger partial charge on any atom is -0.382 e. The highest BCUT2D eigenvalue weighted by Gasteiger charge is 2.16. The Morgan fingerprint density at radius 3 is 3.06 bits per heavy atom. The van der Waals surface area contributed by atoms with Crippen LogP contribution >= 0.6 is 0 Å². The van der Waals surface area contributed by atoms with E-state index in [0.29, 0.717) is 12.1 Å². The van der Waals surface area contributed by atoms with Crippen molar-refractivity contribution in [2.45, 2.75) is 52.1 Å². The molecule has 0 aromatic heterocycles. The van der Waals surface area contributed by atoms with Crippen LogP contribution in [-0.4, -0.2) is 18.6 Å². The fraction of sp³-hybridized carbons (Fsp3) is 0.600. The molecule has 94 valence electrons. The average Bonchev–Trinajstić information content (AvgIpc) is 2.68. The van der Waals surface area contributed by atoms with Crippen molar-refractivity contribution in [3.63, 3.8) is 0 Å². The van der Waals surface area contributed by atoms with Crippen LogP contribution in [0.3, 0.4) is 0 Å². The first-order chi connectivity index (χ1) is 8.19. The highest BCUT2D eigenvalue weighted by atomic mass is 14.9. The molecule has 2 atom stereocenters. The van der Waals surface area contributed by atoms with Crippen molar-refractivity contribution in [1.82, 2.24) is 5.32 Å². The second kappa shape index (κ2) is 5.54. The Balaban J connectivity index is 1.88. The molecule has 2 rings (SSSR count). The van der Waals surface area contributed by atoms with Crippen LogP contribution < -0.4 is 10.6 Å². The number of hydrogen-bond acceptors (Lipinski definition) is 2. The largest absolute Gasteiger partial charge is 0.382 e. The molecule has 0 bridgehead atoms. The molecule has 2 unspecified atom stereocenters. The lowest BCUT2D eigenvalue weighted by Gasteiger charge is -2.11. The van der Waals surface area contributed by atoms with Gasteiger partial charge in [0.1, 0.15) is 0 Å². The minimum atomic E-state index is 0.596. The van der Waals surface area contributed by atoms with E-state index in [0.717, 1.165) is 13.0 Å². The summed E-state index contributed by atoms with van der Waals surface area (Å²) in [5.41, 5.74) is 4.27. The molecule has 2 heteroatoms. The standard InChI is InChI=1S/C15H24N2/c1-4-11(2)16-8-7-13-5-6-15-14(10-13)9-12(3)17-15/h5-6,10-12,16-17H,4,7-9H2,1-3H3. The van der Waals surface area contributed by atoms with Crippen LogP contribution in [-0.2, 0) is 12.8 Å². The van der Waals surface area contributed by atoms with Crippen molar-refractivity contribution in [3.05, 3.63) is 29.3 Å². The van der Waals surface area contributed by atoms with Crippen molar-refractivity contribution < 1.29 is 0 Å². The van der Waals surface area contributed by atoms with Gasteiger partial charge in [-0.05, 0) is 56.8 Å². The number of fused-ring (bicyclic) bond motifs is 1. The van der Waals surface area contributed by atoms with E-state index in [-0.39, 0.29) is 0 Å². The molecule has 1 heterocycles. The number of benzene rings is 1. The lowest BCUT2D eigenvalue weighted by atomic mass is 10.0. The second-order valence-electron chi connectivity index (χ2n) is 5.25. The maximum atomic E-state index is 3.54. The summed E-state index contributed by atoms with van der Waals surface area (Å²) in [4.78, 5) is 0. The number of rotatable bonds is 5. The molecule has 1 aliphatic heterocycles. The van der Waals surface area contributed by atoms with E-state index in [1.807, 2.05) is 0 Å². The molecule has 0 spiro atoms. The van der Waals surface area contributed by atoms with Gasteiger partial charge in [-0.15, -0.1) is 0 Å². The normalized spacial score (nSPS) is 19.8. The fourth-order valence-corrected chi connectivity index (χ4v) is 2.37. The van der Waals surface area contributed by atoms with Gasteiger partial charge < -0.3 is 10.6 Å². The predicted octanol–water partition coefficient (Wildman–Crippen LogP) is 2.97. The van der Waals surface area contributed by atoms with E-state index in [2.05, 4.69) is 49.6 Å². The van der Waals surface area contributed by atoms with Crippen molar-refractivity contribution in [2.24, 2.45) is 0 Å². The average molecular weight is 232 g/mol. The van der Waals surface area contributed by atoms with Crippen molar-refractivity contribution in [1.29, 1.82) is 0 Å². The third kappa shape index (κ3) is 3.22. The lowest BCUT2D eigenvalue weighted by Crippen LogP contribution is -2.27. The summed E-state index contributed by atoms with van der Waals surface area (Å²) in [5, 5.41) is 7.03. The van der Waals surface area contributed by atoms with E-state index in [1.165, 1.54) is 29.7 Å². The van der Waals surface area contributed by atoms with Crippen LogP contribution in [0.4, 0.5) is 5.69 Å². The molecule has 0 radical (unpaired) electrons. The van der Waals surface area contributed by atoms with Crippen LogP contribution in [0.25, 0.3) is 0 Å². The Hall–Kier alpha value is -1.02. The molecule has 2 nitrogen and oxygen atoms in total. The summed E-state index contributed by atoms with van der Waals surface area (Å²) in [7, 11) is 0. The molecule has 0 saturated heterocycles. The van der Waals surface area contributed by atoms with E-state index in [4.69, 9.17) is 0 Å². The topological polar surface area (TPSA) is 24.1 Å². The molecule has 1 aromatic rings. The molecule has 1 aliphatic rings. The first-order valence-corrected chi connectivity index (χ1v) is 6.80. The molecular weight excluding hydrogens is 208 g/mol. The predicted molar refractivity (Wildman–Crippen MR) is 74.7 cm³/mol. The summed E-state index contributed by atoms with van der Waals surface area (Å²) in [6, 6.07) is 8.08. The number of hydrogen-bond donors (Lipinski definition) is 2. The van der Waals surface area contributed by atoms with Gasteiger partial charge in [0.15, 0.2) is 0 Å². The Morgan fingerprint density at radius 1 is 1.47 bits per heavy atom. The minimum absolute atomic E-state index is 0.596. The zero-order valence-corrected chi connectivity index (χ0v) is 11.2. The van der Waals surface area contributed by atoms with Gasteiger partial charge in [-0.3, -0.25) is 0 Å². The highest BCUT2D eigenvalue weighted by Crippen LogP contribution is 2.26. The highest BCUT2D eigenvalue weighted by molar-refractivity contribution is 5.57. The summed E-state index contributed by atoms with van der Waals surface area (Å²) >= 11 is 0. The summed E-state index contributed by atoms with van der Waals surface area (Å²) in [6.45, 7) is 7.79. The SMILES string of the molecule is CCC(C)NCCc1ccc2c(c1)CC(C)N2. The lowest BCUT2D eigenvalue weighted by molar-refractivity contribution is 0.537. The Bertz CT molecular complexity index is 373. The van der Waals surface area contributed by atoms with E-state index in [1.54, 1.807) is 0 Å². The van der Waals surface area contributed by atoms with E-state index < -0.39 is 0 Å². The number of nitrogens with one attached hydrogen (secondary N) is 2. The van der Waals surface area contributed by atoms with Crippen molar-refractivity contribution >= 4 is 5.69 Å². The van der Waals surface area contributed by atoms with Gasteiger partial charge in [-0.2, -0.15) is 0 Å². The summed E-state index contributed by atoms with van der Waals surface area (Å²) in [6.07, 6.45) is 3.50. The maximum Gasteiger partial charge on any atom is 0.0375 e. The van der Waals surface area contributed by atoms with Gasteiger partial charge in [-0.1, -0.05) is 19.1 Å². The molecule has 17 heavy (non-hydrogen) atoms. The van der Waals surface area contributed by atoms with E-state index >= 15 is 0 Å². The smallest absolute Gasteiger partial charge is 0.0375 e. The third-order valence-electron chi connectivity index (χ3n) is 3.62. The fourth-order valence-electron chi connectivity index (χ4n) is 2.37. The van der Waals surface area contributed by atoms with Crippen molar-refractivity contribution in [2.75, 3.05) is 11.9 Å². The molecule has 0 saturated carbocycles. The Labute approximate surface area is 105 Å². The van der Waals surface area contributed by atoms with Crippen LogP contribution in [0, 0.1) is 0 Å². The van der Waals surface area contributed by atoms with Gasteiger partial charge in [0.05, 0.1) is 0 Å². The van der Waals surface area contributed by atoms with Gasteiger partial charge in [-0.25, -0.2) is 0 Å². The van der Waals surface area contributed by atoms with Gasteiger partial charge in [0.2, 0.25) is 0 Å². The molecule has 0 aliphatic carbocycles. The monoisotopic (exact) mass is 232 g/mol. The van der Waals surface area contributed by atoms with Gasteiger partial charge >= 0.3 is 0 Å². The molecule has 2 N–H and O–H groups in total. The van der Waals surface area contributed by atoms with Crippen LogP contribution in [0.2, 0.25) is 0 Å². The zero-order chi connectivity index (χ0) is 12.3. The Kier molecular flexibility index (Phi) is 4.06. The molecule has 0 fully saturated rings. The second-order valence-corrected chi connectivity index (χ2v) is 5.25. The quantitative estimate of drug-likeness (QED) is 0.815.